The van der Waals surface area contributed by atoms with E-state index < -0.39 is 5.41 Å². The Balaban J connectivity index is 2.23. The van der Waals surface area contributed by atoms with Crippen molar-refractivity contribution in [2.45, 2.75) is 26.2 Å². The topological polar surface area (TPSA) is 46.3 Å². The standard InChI is InChI=1S/C14H18N2OS/c1-10-4-6-11(7-5-10)16(2)13(17)14(12(15)18)8-3-9-14/h4-7H,3,8-9H2,1-2H3,(H2,15,18). The van der Waals surface area contributed by atoms with Crippen LogP contribution in [0.3, 0.4) is 0 Å². The van der Waals surface area contributed by atoms with Crippen molar-refractivity contribution in [2.24, 2.45) is 11.1 Å². The molecule has 1 aliphatic carbocycles. The maximum absolute atomic E-state index is 12.5. The SMILES string of the molecule is Cc1ccc(N(C)C(=O)C2(C(N)=S)CCC2)cc1. The molecule has 1 aliphatic rings. The summed E-state index contributed by atoms with van der Waals surface area (Å²) in [5.41, 5.74) is 7.21. The van der Waals surface area contributed by atoms with E-state index in [9.17, 15) is 4.79 Å². The van der Waals surface area contributed by atoms with E-state index in [0.29, 0.717) is 4.99 Å². The van der Waals surface area contributed by atoms with Crippen LogP contribution in [-0.4, -0.2) is 17.9 Å². The van der Waals surface area contributed by atoms with Gasteiger partial charge in [0.15, 0.2) is 0 Å². The lowest BCUT2D eigenvalue weighted by atomic mass is 9.67. The van der Waals surface area contributed by atoms with Crippen molar-refractivity contribution in [1.29, 1.82) is 0 Å². The van der Waals surface area contributed by atoms with Crippen LogP contribution in [0.25, 0.3) is 0 Å². The van der Waals surface area contributed by atoms with Gasteiger partial charge in [0, 0.05) is 12.7 Å². The molecule has 1 saturated carbocycles. The molecule has 1 amide bonds. The maximum Gasteiger partial charge on any atom is 0.239 e. The Kier molecular flexibility index (Phi) is 3.39. The third kappa shape index (κ3) is 2.01. The fourth-order valence-electron chi connectivity index (χ4n) is 2.30. The van der Waals surface area contributed by atoms with Crippen LogP contribution in [0.4, 0.5) is 5.69 Å². The van der Waals surface area contributed by atoms with Crippen molar-refractivity contribution in [2.75, 3.05) is 11.9 Å². The van der Waals surface area contributed by atoms with E-state index in [1.807, 2.05) is 31.2 Å². The Bertz CT molecular complexity index is 477. The van der Waals surface area contributed by atoms with Gasteiger partial charge in [0.2, 0.25) is 5.91 Å². The quantitative estimate of drug-likeness (QED) is 0.851. The molecule has 1 aromatic rings. The van der Waals surface area contributed by atoms with E-state index in [2.05, 4.69) is 0 Å². The van der Waals surface area contributed by atoms with Gasteiger partial charge in [-0.05, 0) is 31.9 Å². The number of amides is 1. The van der Waals surface area contributed by atoms with Crippen molar-refractivity contribution in [1.82, 2.24) is 0 Å². The highest BCUT2D eigenvalue weighted by Crippen LogP contribution is 2.43. The predicted molar refractivity (Wildman–Crippen MR) is 77.7 cm³/mol. The number of rotatable bonds is 3. The predicted octanol–water partition coefficient (Wildman–Crippen LogP) is 2.41. The minimum absolute atomic E-state index is 0.0186. The molecule has 1 fully saturated rings. The van der Waals surface area contributed by atoms with Crippen LogP contribution in [0.15, 0.2) is 24.3 Å². The molecule has 2 rings (SSSR count). The lowest BCUT2D eigenvalue weighted by molar-refractivity contribution is -0.127. The first-order valence-electron chi connectivity index (χ1n) is 6.12. The van der Waals surface area contributed by atoms with E-state index in [4.69, 9.17) is 18.0 Å². The highest BCUT2D eigenvalue weighted by atomic mass is 32.1. The number of carbonyl (C=O) groups excluding carboxylic acids is 1. The van der Waals surface area contributed by atoms with Gasteiger partial charge in [0.25, 0.3) is 0 Å². The van der Waals surface area contributed by atoms with E-state index in [1.165, 1.54) is 5.56 Å². The Morgan fingerprint density at radius 3 is 2.28 bits per heavy atom. The van der Waals surface area contributed by atoms with Gasteiger partial charge in [-0.1, -0.05) is 36.3 Å². The first-order chi connectivity index (χ1) is 8.47. The summed E-state index contributed by atoms with van der Waals surface area (Å²) in [7, 11) is 1.78. The zero-order valence-corrected chi connectivity index (χ0v) is 11.6. The zero-order valence-electron chi connectivity index (χ0n) is 10.8. The van der Waals surface area contributed by atoms with Gasteiger partial charge in [-0.2, -0.15) is 0 Å². The van der Waals surface area contributed by atoms with Crippen LogP contribution in [0, 0.1) is 12.3 Å². The molecule has 4 heteroatoms. The smallest absolute Gasteiger partial charge is 0.239 e. The Morgan fingerprint density at radius 1 is 1.33 bits per heavy atom. The van der Waals surface area contributed by atoms with Crippen molar-refractivity contribution < 1.29 is 4.79 Å². The van der Waals surface area contributed by atoms with E-state index >= 15 is 0 Å². The summed E-state index contributed by atoms with van der Waals surface area (Å²) in [5.74, 6) is 0.0186. The Morgan fingerprint density at radius 2 is 1.89 bits per heavy atom. The number of nitrogens with two attached hydrogens (primary N) is 1. The largest absolute Gasteiger partial charge is 0.392 e. The second-order valence-corrected chi connectivity index (χ2v) is 5.44. The first kappa shape index (κ1) is 13.0. The number of nitrogens with zero attached hydrogens (tertiary/aromatic N) is 1. The molecule has 0 aromatic heterocycles. The third-order valence-electron chi connectivity index (χ3n) is 3.81. The summed E-state index contributed by atoms with van der Waals surface area (Å²) >= 11 is 5.08. The highest BCUT2D eigenvalue weighted by Gasteiger charge is 2.48. The van der Waals surface area contributed by atoms with Gasteiger partial charge in [-0.15, -0.1) is 0 Å². The lowest BCUT2D eigenvalue weighted by Gasteiger charge is -2.41. The molecule has 1 aromatic carbocycles. The number of hydrogen-bond acceptors (Lipinski definition) is 2. The van der Waals surface area contributed by atoms with Crippen molar-refractivity contribution in [3.05, 3.63) is 29.8 Å². The number of aryl methyl sites for hydroxylation is 1. The molecule has 0 saturated heterocycles. The minimum Gasteiger partial charge on any atom is -0.392 e. The number of carbonyl (C=O) groups is 1. The molecule has 3 nitrogen and oxygen atoms in total. The molecule has 0 unspecified atom stereocenters. The van der Waals surface area contributed by atoms with Gasteiger partial charge in [0.1, 0.15) is 0 Å². The van der Waals surface area contributed by atoms with Gasteiger partial charge in [0.05, 0.1) is 10.4 Å². The summed E-state index contributed by atoms with van der Waals surface area (Å²) < 4.78 is 0. The van der Waals surface area contributed by atoms with Gasteiger partial charge in [-0.25, -0.2) is 0 Å². The van der Waals surface area contributed by atoms with Crippen molar-refractivity contribution in [3.8, 4) is 0 Å². The summed E-state index contributed by atoms with van der Waals surface area (Å²) in [6.07, 6.45) is 2.57. The highest BCUT2D eigenvalue weighted by molar-refractivity contribution is 7.80. The van der Waals surface area contributed by atoms with Gasteiger partial charge >= 0.3 is 0 Å². The molecule has 0 spiro atoms. The van der Waals surface area contributed by atoms with E-state index in [-0.39, 0.29) is 5.91 Å². The Labute approximate surface area is 113 Å². The van der Waals surface area contributed by atoms with Crippen LogP contribution >= 0.6 is 12.2 Å². The molecule has 0 atom stereocenters. The molecule has 18 heavy (non-hydrogen) atoms. The summed E-state index contributed by atoms with van der Waals surface area (Å²) in [6, 6.07) is 7.87. The lowest BCUT2D eigenvalue weighted by Crippen LogP contribution is -2.53. The zero-order chi connectivity index (χ0) is 13.3. The van der Waals surface area contributed by atoms with Gasteiger partial charge < -0.3 is 10.6 Å². The maximum atomic E-state index is 12.5. The monoisotopic (exact) mass is 262 g/mol. The molecule has 0 bridgehead atoms. The second kappa shape index (κ2) is 4.69. The fraction of sp³-hybridized carbons (Fsp3) is 0.429. The number of hydrogen-bond donors (Lipinski definition) is 1. The molecular formula is C14H18N2OS. The molecule has 0 radical (unpaired) electrons. The van der Waals surface area contributed by atoms with Crippen LogP contribution < -0.4 is 10.6 Å². The summed E-state index contributed by atoms with van der Waals surface area (Å²) in [6.45, 7) is 2.02. The molecule has 2 N–H and O–H groups in total. The first-order valence-corrected chi connectivity index (χ1v) is 6.53. The molecule has 0 aliphatic heterocycles. The average Bonchev–Trinajstić information content (AvgIpc) is 2.27. The molecular weight excluding hydrogens is 244 g/mol. The fourth-order valence-corrected chi connectivity index (χ4v) is 2.59. The van der Waals surface area contributed by atoms with E-state index in [1.54, 1.807) is 11.9 Å². The number of thiocarbonyl (C=S) groups is 1. The van der Waals surface area contributed by atoms with Crippen LogP contribution in [-0.2, 0) is 4.79 Å². The van der Waals surface area contributed by atoms with Crippen LogP contribution in [0.5, 0.6) is 0 Å². The Hall–Kier alpha value is -1.42. The van der Waals surface area contributed by atoms with Crippen molar-refractivity contribution >= 4 is 28.8 Å². The number of benzene rings is 1. The van der Waals surface area contributed by atoms with Gasteiger partial charge in [-0.3, -0.25) is 4.79 Å². The van der Waals surface area contributed by atoms with Crippen LogP contribution in [0.1, 0.15) is 24.8 Å². The minimum atomic E-state index is -0.602. The van der Waals surface area contributed by atoms with Crippen molar-refractivity contribution in [3.63, 3.8) is 0 Å². The molecule has 0 heterocycles. The summed E-state index contributed by atoms with van der Waals surface area (Å²) in [5, 5.41) is 0. The average molecular weight is 262 g/mol. The van der Waals surface area contributed by atoms with E-state index in [0.717, 1.165) is 24.9 Å². The molecule has 96 valence electrons. The summed E-state index contributed by atoms with van der Waals surface area (Å²) in [4.78, 5) is 14.5. The normalized spacial score (nSPS) is 16.8. The van der Waals surface area contributed by atoms with Crippen LogP contribution in [0.2, 0.25) is 0 Å². The number of anilines is 1. The second-order valence-electron chi connectivity index (χ2n) is 5.00. The third-order valence-corrected chi connectivity index (χ3v) is 4.20.